The lowest BCUT2D eigenvalue weighted by molar-refractivity contribution is -0.110. The van der Waals surface area contributed by atoms with E-state index >= 15 is 0 Å². The van der Waals surface area contributed by atoms with Crippen LogP contribution in [-0.4, -0.2) is 19.0 Å². The number of fused-ring (bicyclic) bond motifs is 1. The van der Waals surface area contributed by atoms with Gasteiger partial charge in [-0.3, -0.25) is 4.79 Å². The quantitative estimate of drug-likeness (QED) is 0.824. The molecule has 5 heteroatoms. The van der Waals surface area contributed by atoms with E-state index in [1.54, 1.807) is 12.3 Å². The molecule has 0 unspecified atom stereocenters. The van der Waals surface area contributed by atoms with Gasteiger partial charge in [0.1, 0.15) is 5.82 Å². The summed E-state index contributed by atoms with van der Waals surface area (Å²) < 4.78 is 13.5. The molecule has 0 radical (unpaired) electrons. The molecule has 2 heterocycles. The summed E-state index contributed by atoms with van der Waals surface area (Å²) in [6, 6.07) is 12.5. The SMILES string of the molecule is O=C1Nc2ccc(F)cc2/C1=C\Nc1ccc(N2CCCCC2)cc1. The second-order valence-corrected chi connectivity index (χ2v) is 6.44. The van der Waals surface area contributed by atoms with Crippen LogP contribution in [0.25, 0.3) is 5.57 Å². The van der Waals surface area contributed by atoms with Crippen molar-refractivity contribution in [2.24, 2.45) is 0 Å². The Morgan fingerprint density at radius 2 is 1.80 bits per heavy atom. The molecule has 0 aromatic heterocycles. The van der Waals surface area contributed by atoms with Crippen molar-refractivity contribution >= 4 is 28.5 Å². The van der Waals surface area contributed by atoms with Crippen LogP contribution in [0.1, 0.15) is 24.8 Å². The molecule has 1 fully saturated rings. The van der Waals surface area contributed by atoms with E-state index < -0.39 is 0 Å². The van der Waals surface area contributed by atoms with Gasteiger partial charge in [-0.05, 0) is 61.7 Å². The molecule has 2 aliphatic rings. The third kappa shape index (κ3) is 3.22. The zero-order valence-electron chi connectivity index (χ0n) is 13.9. The molecule has 2 aromatic carbocycles. The van der Waals surface area contributed by atoms with Crippen molar-refractivity contribution in [3.05, 3.63) is 60.0 Å². The maximum atomic E-state index is 13.5. The number of hydrogen-bond acceptors (Lipinski definition) is 3. The second-order valence-electron chi connectivity index (χ2n) is 6.44. The fourth-order valence-electron chi connectivity index (χ4n) is 3.38. The molecular formula is C20H20FN3O. The number of rotatable bonds is 3. The minimum Gasteiger partial charge on any atom is -0.372 e. The number of piperidine rings is 1. The number of nitrogens with one attached hydrogen (secondary N) is 2. The molecule has 0 spiro atoms. The molecule has 4 rings (SSSR count). The highest BCUT2D eigenvalue weighted by molar-refractivity contribution is 6.31. The fourth-order valence-corrected chi connectivity index (χ4v) is 3.38. The Hall–Kier alpha value is -2.82. The van der Waals surface area contributed by atoms with Gasteiger partial charge in [-0.2, -0.15) is 0 Å². The summed E-state index contributed by atoms with van der Waals surface area (Å²) in [7, 11) is 0. The summed E-state index contributed by atoms with van der Waals surface area (Å²) in [5, 5.41) is 5.89. The summed E-state index contributed by atoms with van der Waals surface area (Å²) in [5.41, 5.74) is 3.78. The topological polar surface area (TPSA) is 44.4 Å². The molecule has 2 aliphatic heterocycles. The summed E-state index contributed by atoms with van der Waals surface area (Å²) in [6.07, 6.45) is 5.44. The predicted octanol–water partition coefficient (Wildman–Crippen LogP) is 4.22. The lowest BCUT2D eigenvalue weighted by atomic mass is 10.1. The van der Waals surface area contributed by atoms with Crippen LogP contribution in [0.3, 0.4) is 0 Å². The number of nitrogens with zero attached hydrogens (tertiary/aromatic N) is 1. The summed E-state index contributed by atoms with van der Waals surface area (Å²) in [4.78, 5) is 14.5. The largest absolute Gasteiger partial charge is 0.372 e. The first kappa shape index (κ1) is 15.7. The highest BCUT2D eigenvalue weighted by Gasteiger charge is 2.24. The fraction of sp³-hybridized carbons (Fsp3) is 0.250. The predicted molar refractivity (Wildman–Crippen MR) is 99.1 cm³/mol. The minimum atomic E-state index is -0.355. The Balaban J connectivity index is 1.50. The van der Waals surface area contributed by atoms with Gasteiger partial charge in [0.15, 0.2) is 0 Å². The van der Waals surface area contributed by atoms with Crippen molar-refractivity contribution in [3.63, 3.8) is 0 Å². The van der Waals surface area contributed by atoms with Gasteiger partial charge in [0.2, 0.25) is 0 Å². The monoisotopic (exact) mass is 337 g/mol. The number of hydrogen-bond donors (Lipinski definition) is 2. The van der Waals surface area contributed by atoms with Crippen LogP contribution in [-0.2, 0) is 4.79 Å². The first-order chi connectivity index (χ1) is 12.2. The molecule has 1 amide bonds. The van der Waals surface area contributed by atoms with Gasteiger partial charge in [0.25, 0.3) is 5.91 Å². The average molecular weight is 337 g/mol. The average Bonchev–Trinajstić information content (AvgIpc) is 2.96. The maximum Gasteiger partial charge on any atom is 0.257 e. The Bertz CT molecular complexity index is 823. The van der Waals surface area contributed by atoms with Crippen molar-refractivity contribution in [2.45, 2.75) is 19.3 Å². The van der Waals surface area contributed by atoms with Crippen molar-refractivity contribution in [1.82, 2.24) is 0 Å². The molecular weight excluding hydrogens is 317 g/mol. The van der Waals surface area contributed by atoms with E-state index in [0.29, 0.717) is 16.8 Å². The smallest absolute Gasteiger partial charge is 0.257 e. The van der Waals surface area contributed by atoms with E-state index in [1.807, 2.05) is 12.1 Å². The second kappa shape index (κ2) is 6.59. The van der Waals surface area contributed by atoms with E-state index in [1.165, 1.54) is 37.1 Å². The van der Waals surface area contributed by atoms with Crippen LogP contribution in [0.4, 0.5) is 21.5 Å². The zero-order chi connectivity index (χ0) is 17.2. The van der Waals surface area contributed by atoms with Gasteiger partial charge in [-0.15, -0.1) is 0 Å². The van der Waals surface area contributed by atoms with Crippen LogP contribution in [0.15, 0.2) is 48.7 Å². The number of carbonyl (C=O) groups excluding carboxylic acids is 1. The van der Waals surface area contributed by atoms with E-state index in [-0.39, 0.29) is 11.7 Å². The van der Waals surface area contributed by atoms with Gasteiger partial charge < -0.3 is 15.5 Å². The van der Waals surface area contributed by atoms with Crippen molar-refractivity contribution in [3.8, 4) is 0 Å². The first-order valence-corrected chi connectivity index (χ1v) is 8.64. The molecule has 0 saturated carbocycles. The lowest BCUT2D eigenvalue weighted by Gasteiger charge is -2.28. The first-order valence-electron chi connectivity index (χ1n) is 8.64. The Kier molecular flexibility index (Phi) is 4.14. The van der Waals surface area contributed by atoms with Crippen molar-refractivity contribution in [1.29, 1.82) is 0 Å². The van der Waals surface area contributed by atoms with Crippen LogP contribution >= 0.6 is 0 Å². The molecule has 2 N–H and O–H groups in total. The van der Waals surface area contributed by atoms with Crippen LogP contribution in [0.2, 0.25) is 0 Å². The summed E-state index contributed by atoms with van der Waals surface area (Å²) in [5.74, 6) is -0.579. The number of carbonyl (C=O) groups is 1. The summed E-state index contributed by atoms with van der Waals surface area (Å²) >= 11 is 0. The lowest BCUT2D eigenvalue weighted by Crippen LogP contribution is -2.29. The van der Waals surface area contributed by atoms with E-state index in [4.69, 9.17) is 0 Å². The Labute approximate surface area is 146 Å². The Morgan fingerprint density at radius 1 is 1.04 bits per heavy atom. The van der Waals surface area contributed by atoms with E-state index in [9.17, 15) is 9.18 Å². The number of anilines is 3. The standard InChI is InChI=1S/C20H20FN3O/c21-14-4-9-19-17(12-14)18(20(25)23-19)13-22-15-5-7-16(8-6-15)24-10-2-1-3-11-24/h4-9,12-13,22H,1-3,10-11H2,(H,23,25)/b18-13+. The van der Waals surface area contributed by atoms with E-state index in [2.05, 4.69) is 27.7 Å². The van der Waals surface area contributed by atoms with Crippen LogP contribution in [0.5, 0.6) is 0 Å². The number of benzene rings is 2. The zero-order valence-corrected chi connectivity index (χ0v) is 13.9. The molecule has 4 nitrogen and oxygen atoms in total. The van der Waals surface area contributed by atoms with Gasteiger partial charge in [0.05, 0.1) is 5.57 Å². The van der Waals surface area contributed by atoms with Gasteiger partial charge in [-0.25, -0.2) is 4.39 Å². The van der Waals surface area contributed by atoms with E-state index in [0.717, 1.165) is 18.8 Å². The highest BCUT2D eigenvalue weighted by atomic mass is 19.1. The normalized spacial score (nSPS) is 18.2. The van der Waals surface area contributed by atoms with Crippen LogP contribution in [0, 0.1) is 5.82 Å². The van der Waals surface area contributed by atoms with Gasteiger partial charge >= 0.3 is 0 Å². The van der Waals surface area contributed by atoms with Gasteiger partial charge in [-0.1, -0.05) is 0 Å². The molecule has 1 saturated heterocycles. The third-order valence-electron chi connectivity index (χ3n) is 4.74. The molecule has 2 aromatic rings. The van der Waals surface area contributed by atoms with Crippen molar-refractivity contribution < 1.29 is 9.18 Å². The Morgan fingerprint density at radius 3 is 2.56 bits per heavy atom. The highest BCUT2D eigenvalue weighted by Crippen LogP contribution is 2.32. The molecule has 0 aliphatic carbocycles. The number of halogens is 1. The minimum absolute atomic E-state index is 0.224. The van der Waals surface area contributed by atoms with Crippen molar-refractivity contribution in [2.75, 3.05) is 28.6 Å². The number of amides is 1. The molecule has 128 valence electrons. The maximum absolute atomic E-state index is 13.5. The molecule has 25 heavy (non-hydrogen) atoms. The summed E-state index contributed by atoms with van der Waals surface area (Å²) in [6.45, 7) is 2.22. The molecule has 0 bridgehead atoms. The third-order valence-corrected chi connectivity index (χ3v) is 4.74. The van der Waals surface area contributed by atoms with Crippen LogP contribution < -0.4 is 15.5 Å². The molecule has 0 atom stereocenters. The van der Waals surface area contributed by atoms with Gasteiger partial charge in [0, 0.05) is 41.9 Å².